The second kappa shape index (κ2) is 9.29. The van der Waals surface area contributed by atoms with Crippen LogP contribution in [-0.2, 0) is 26.9 Å². The molecule has 0 saturated carbocycles. The van der Waals surface area contributed by atoms with Gasteiger partial charge in [-0.15, -0.1) is 0 Å². The molecule has 0 aliphatic rings. The predicted molar refractivity (Wildman–Crippen MR) is 107 cm³/mol. The van der Waals surface area contributed by atoms with Crippen LogP contribution in [0.2, 0.25) is 0 Å². The van der Waals surface area contributed by atoms with Crippen molar-refractivity contribution in [3.05, 3.63) is 65.2 Å². The molecule has 10 heteroatoms. The maximum Gasteiger partial charge on any atom is 0.471 e. The molecule has 0 bridgehead atoms. The van der Waals surface area contributed by atoms with Gasteiger partial charge < -0.3 is 10.2 Å². The number of hydrogen-bond donors (Lipinski definition) is 1. The third kappa shape index (κ3) is 6.87. The molecule has 1 N–H and O–H groups in total. The predicted octanol–water partition coefficient (Wildman–Crippen LogP) is 3.39. The Labute approximate surface area is 172 Å². The van der Waals surface area contributed by atoms with Crippen molar-refractivity contribution in [1.82, 2.24) is 4.90 Å². The Morgan fingerprint density at radius 3 is 2.27 bits per heavy atom. The van der Waals surface area contributed by atoms with Crippen molar-refractivity contribution in [2.45, 2.75) is 25.4 Å². The van der Waals surface area contributed by atoms with Gasteiger partial charge >= 0.3 is 12.1 Å². The highest BCUT2D eigenvalue weighted by Crippen LogP contribution is 2.21. The fourth-order valence-electron chi connectivity index (χ4n) is 2.78. The maximum absolute atomic E-state index is 12.7. The maximum atomic E-state index is 12.7. The molecule has 0 aliphatic carbocycles. The van der Waals surface area contributed by atoms with Crippen LogP contribution in [0.15, 0.2) is 48.5 Å². The number of carbonyl (C=O) groups excluding carboxylic acids is 2. The van der Waals surface area contributed by atoms with E-state index < -0.39 is 27.8 Å². The smallest absolute Gasteiger partial charge is 0.331 e. The van der Waals surface area contributed by atoms with Crippen molar-refractivity contribution in [3.63, 3.8) is 0 Å². The van der Waals surface area contributed by atoms with Crippen molar-refractivity contribution in [3.8, 4) is 0 Å². The summed E-state index contributed by atoms with van der Waals surface area (Å²) >= 11 is 0. The van der Waals surface area contributed by atoms with Crippen LogP contribution in [0.4, 0.5) is 18.9 Å². The molecule has 2 rings (SSSR count). The zero-order valence-corrected chi connectivity index (χ0v) is 17.2. The van der Waals surface area contributed by atoms with E-state index in [1.54, 1.807) is 30.3 Å². The third-order valence-corrected chi connectivity index (χ3v) is 4.95. The largest absolute Gasteiger partial charge is 0.471 e. The normalized spacial score (nSPS) is 11.8. The summed E-state index contributed by atoms with van der Waals surface area (Å²) in [5.41, 5.74) is 1.45. The molecule has 0 heterocycles. The van der Waals surface area contributed by atoms with Gasteiger partial charge in [0.05, 0.1) is 5.75 Å². The van der Waals surface area contributed by atoms with Gasteiger partial charge in [-0.1, -0.05) is 24.3 Å². The molecule has 162 valence electrons. The summed E-state index contributed by atoms with van der Waals surface area (Å²) in [4.78, 5) is 24.6. The molecule has 6 nitrogen and oxygen atoms in total. The molecule has 0 fully saturated rings. The first kappa shape index (κ1) is 23.4. The Morgan fingerprint density at radius 2 is 1.67 bits per heavy atom. The molecule has 2 aromatic carbocycles. The van der Waals surface area contributed by atoms with Gasteiger partial charge in [0.2, 0.25) is 0 Å². The van der Waals surface area contributed by atoms with Gasteiger partial charge in [0.25, 0.3) is 5.91 Å². The lowest BCUT2D eigenvalue weighted by Gasteiger charge is -2.22. The molecule has 0 atom stereocenters. The van der Waals surface area contributed by atoms with Crippen LogP contribution in [0.3, 0.4) is 0 Å². The summed E-state index contributed by atoms with van der Waals surface area (Å²) < 4.78 is 60.9. The topological polar surface area (TPSA) is 83.6 Å². The van der Waals surface area contributed by atoms with Crippen molar-refractivity contribution >= 4 is 27.3 Å². The lowest BCUT2D eigenvalue weighted by atomic mass is 10.1. The number of alkyl halides is 3. The lowest BCUT2D eigenvalue weighted by Crippen LogP contribution is -2.40. The van der Waals surface area contributed by atoms with Gasteiger partial charge in [-0.3, -0.25) is 9.59 Å². The summed E-state index contributed by atoms with van der Waals surface area (Å²) in [6.07, 6.45) is -3.87. The average molecular weight is 442 g/mol. The zero-order valence-electron chi connectivity index (χ0n) is 16.4. The van der Waals surface area contributed by atoms with E-state index in [9.17, 15) is 31.2 Å². The summed E-state index contributed by atoms with van der Waals surface area (Å²) in [5, 5.41) is 2.63. The first-order valence-electron chi connectivity index (χ1n) is 8.92. The molecule has 0 saturated heterocycles. The Kier molecular flexibility index (Phi) is 7.25. The number of amides is 2. The molecular weight excluding hydrogens is 421 g/mol. The van der Waals surface area contributed by atoms with E-state index in [1.807, 2.05) is 0 Å². The average Bonchev–Trinajstić information content (AvgIpc) is 2.64. The minimum absolute atomic E-state index is 0.123. The fraction of sp³-hybridized carbons (Fsp3) is 0.300. The van der Waals surface area contributed by atoms with Crippen molar-refractivity contribution in [2.75, 3.05) is 18.1 Å². The van der Waals surface area contributed by atoms with E-state index >= 15 is 0 Å². The van der Waals surface area contributed by atoms with Crippen LogP contribution in [0.5, 0.6) is 0 Å². The van der Waals surface area contributed by atoms with E-state index in [1.165, 1.54) is 25.1 Å². The Hall–Kier alpha value is -2.88. The van der Waals surface area contributed by atoms with Gasteiger partial charge in [-0.05, 0) is 42.3 Å². The monoisotopic (exact) mass is 442 g/mol. The fourth-order valence-corrected chi connectivity index (χ4v) is 3.57. The number of halogens is 3. The highest BCUT2D eigenvalue weighted by Gasteiger charge is 2.41. The quantitative estimate of drug-likeness (QED) is 0.713. The van der Waals surface area contributed by atoms with Gasteiger partial charge in [0.1, 0.15) is 0 Å². The highest BCUT2D eigenvalue weighted by molar-refractivity contribution is 7.89. The second-order valence-corrected chi connectivity index (χ2v) is 8.88. The van der Waals surface area contributed by atoms with Crippen LogP contribution in [0.25, 0.3) is 0 Å². The minimum atomic E-state index is -4.96. The Morgan fingerprint density at radius 1 is 1.03 bits per heavy atom. The van der Waals surface area contributed by atoms with Crippen LogP contribution < -0.4 is 5.32 Å². The van der Waals surface area contributed by atoms with Gasteiger partial charge in [0, 0.05) is 30.6 Å². The van der Waals surface area contributed by atoms with Crippen LogP contribution >= 0.6 is 0 Å². The molecule has 2 aromatic rings. The number of sulfone groups is 1. The summed E-state index contributed by atoms with van der Waals surface area (Å²) in [6.45, 7) is 1.06. The molecule has 2 amide bonds. The summed E-state index contributed by atoms with van der Waals surface area (Å²) in [5.74, 6) is -2.63. The van der Waals surface area contributed by atoms with E-state index in [0.29, 0.717) is 21.7 Å². The molecule has 0 aliphatic heterocycles. The first-order chi connectivity index (χ1) is 13.9. The standard InChI is InChI=1S/C20H21F3N2O4S/c1-3-25(19(27)20(21,22)23)12-14-6-5-9-17(11-14)24-18(26)16-8-4-7-15(10-16)13-30(2,28)29/h4-11H,3,12-13H2,1-2H3,(H,24,26). The number of nitrogens with zero attached hydrogens (tertiary/aromatic N) is 1. The van der Waals surface area contributed by atoms with Gasteiger partial charge in [-0.25, -0.2) is 8.42 Å². The number of hydrogen-bond acceptors (Lipinski definition) is 4. The number of rotatable bonds is 7. The van der Waals surface area contributed by atoms with Crippen molar-refractivity contribution in [2.24, 2.45) is 0 Å². The van der Waals surface area contributed by atoms with Crippen LogP contribution in [0.1, 0.15) is 28.4 Å². The van der Waals surface area contributed by atoms with Crippen molar-refractivity contribution < 1.29 is 31.2 Å². The molecule has 0 aromatic heterocycles. The second-order valence-electron chi connectivity index (χ2n) is 6.74. The first-order valence-corrected chi connectivity index (χ1v) is 11.0. The van der Waals surface area contributed by atoms with Gasteiger partial charge in [0.15, 0.2) is 9.84 Å². The van der Waals surface area contributed by atoms with Crippen LogP contribution in [-0.4, -0.2) is 44.1 Å². The molecule has 0 spiro atoms. The number of benzene rings is 2. The highest BCUT2D eigenvalue weighted by atomic mass is 32.2. The Balaban J connectivity index is 2.14. The molecule has 0 radical (unpaired) electrons. The lowest BCUT2D eigenvalue weighted by molar-refractivity contribution is -0.185. The summed E-state index contributed by atoms with van der Waals surface area (Å²) in [6, 6.07) is 12.3. The molecule has 30 heavy (non-hydrogen) atoms. The number of carbonyl (C=O) groups is 2. The van der Waals surface area contributed by atoms with Crippen LogP contribution in [0, 0.1) is 0 Å². The minimum Gasteiger partial charge on any atom is -0.331 e. The van der Waals surface area contributed by atoms with Gasteiger partial charge in [-0.2, -0.15) is 13.2 Å². The van der Waals surface area contributed by atoms with E-state index in [4.69, 9.17) is 0 Å². The Bertz CT molecular complexity index is 1040. The SMILES string of the molecule is CCN(Cc1cccc(NC(=O)c2cccc(CS(C)(=O)=O)c2)c1)C(=O)C(F)(F)F. The summed E-state index contributed by atoms with van der Waals surface area (Å²) in [7, 11) is -3.26. The van der Waals surface area contributed by atoms with E-state index in [0.717, 1.165) is 6.26 Å². The number of anilines is 1. The van der Waals surface area contributed by atoms with E-state index in [2.05, 4.69) is 5.32 Å². The van der Waals surface area contributed by atoms with E-state index in [-0.39, 0.29) is 24.4 Å². The molecular formula is C20H21F3N2O4S. The van der Waals surface area contributed by atoms with Crippen molar-refractivity contribution in [1.29, 1.82) is 0 Å². The third-order valence-electron chi connectivity index (χ3n) is 4.09. The zero-order chi connectivity index (χ0) is 22.5. The molecule has 0 unspecified atom stereocenters. The number of nitrogens with one attached hydrogen (secondary N) is 1.